The highest BCUT2D eigenvalue weighted by Gasteiger charge is 2.06. The monoisotopic (exact) mass is 343 g/mol. The number of halogens is 1. The van der Waals surface area contributed by atoms with Crippen molar-refractivity contribution in [1.82, 2.24) is 14.5 Å². The largest absolute Gasteiger partial charge is 0.481 e. The van der Waals surface area contributed by atoms with Gasteiger partial charge in [-0.1, -0.05) is 6.07 Å². The first-order valence-electron chi connectivity index (χ1n) is 4.90. The molecule has 2 aromatic rings. The van der Waals surface area contributed by atoms with Gasteiger partial charge in [0, 0.05) is 18.0 Å². The normalized spacial score (nSPS) is 10.2. The Balaban J connectivity index is 2.38. The number of methoxy groups -OCH3 is 1. The van der Waals surface area contributed by atoms with E-state index in [0.29, 0.717) is 16.0 Å². The molecule has 2 aromatic heterocycles. The maximum absolute atomic E-state index is 11.8. The van der Waals surface area contributed by atoms with E-state index in [2.05, 4.69) is 9.97 Å². The molecule has 2 heterocycles. The van der Waals surface area contributed by atoms with Crippen LogP contribution in [0.15, 0.2) is 35.6 Å². The van der Waals surface area contributed by atoms with Crippen LogP contribution in [0.3, 0.4) is 0 Å². The molecule has 0 fully saturated rings. The minimum absolute atomic E-state index is 0.0634. The lowest BCUT2D eigenvalue weighted by Crippen LogP contribution is -2.23. The lowest BCUT2D eigenvalue weighted by molar-refractivity contribution is 0.391. The van der Waals surface area contributed by atoms with Crippen molar-refractivity contribution in [3.05, 3.63) is 50.3 Å². The summed E-state index contributed by atoms with van der Waals surface area (Å²) in [5.41, 5.74) is 0.785. The fourth-order valence-corrected chi connectivity index (χ4v) is 1.92. The van der Waals surface area contributed by atoms with Gasteiger partial charge in [0.1, 0.15) is 0 Å². The van der Waals surface area contributed by atoms with Crippen molar-refractivity contribution in [3.8, 4) is 5.88 Å². The van der Waals surface area contributed by atoms with Crippen molar-refractivity contribution in [2.45, 2.75) is 6.54 Å². The zero-order chi connectivity index (χ0) is 12.3. The summed E-state index contributed by atoms with van der Waals surface area (Å²) < 4.78 is 7.26. The predicted octanol–water partition coefficient (Wildman–Crippen LogP) is 1.30. The SMILES string of the molecule is COc1ncccc1Cn1cncc(I)c1=O. The molecule has 17 heavy (non-hydrogen) atoms. The quantitative estimate of drug-likeness (QED) is 0.789. The summed E-state index contributed by atoms with van der Waals surface area (Å²) in [6, 6.07) is 3.68. The summed E-state index contributed by atoms with van der Waals surface area (Å²) in [5, 5.41) is 0. The second-order valence-electron chi connectivity index (χ2n) is 3.35. The van der Waals surface area contributed by atoms with Crippen LogP contribution in [0, 0.1) is 3.57 Å². The Labute approximate surface area is 112 Å². The highest BCUT2D eigenvalue weighted by Crippen LogP contribution is 2.14. The number of hydrogen-bond acceptors (Lipinski definition) is 4. The molecule has 0 saturated heterocycles. The van der Waals surface area contributed by atoms with Crippen LogP contribution >= 0.6 is 22.6 Å². The average Bonchev–Trinajstić information content (AvgIpc) is 2.35. The van der Waals surface area contributed by atoms with Gasteiger partial charge in [0.15, 0.2) is 0 Å². The Morgan fingerprint density at radius 1 is 1.53 bits per heavy atom. The van der Waals surface area contributed by atoms with Gasteiger partial charge >= 0.3 is 0 Å². The van der Waals surface area contributed by atoms with Gasteiger partial charge < -0.3 is 4.74 Å². The maximum atomic E-state index is 11.8. The first kappa shape index (κ1) is 12.0. The number of hydrogen-bond donors (Lipinski definition) is 0. The van der Waals surface area contributed by atoms with Crippen LogP contribution in [-0.2, 0) is 6.54 Å². The van der Waals surface area contributed by atoms with E-state index < -0.39 is 0 Å². The zero-order valence-electron chi connectivity index (χ0n) is 9.13. The number of rotatable bonds is 3. The topological polar surface area (TPSA) is 57.0 Å². The Morgan fingerprint density at radius 2 is 2.35 bits per heavy atom. The van der Waals surface area contributed by atoms with E-state index in [-0.39, 0.29) is 5.56 Å². The van der Waals surface area contributed by atoms with E-state index in [0.717, 1.165) is 5.56 Å². The third-order valence-electron chi connectivity index (χ3n) is 2.24. The van der Waals surface area contributed by atoms with Crippen molar-refractivity contribution in [1.29, 1.82) is 0 Å². The van der Waals surface area contributed by atoms with Crippen molar-refractivity contribution in [2.75, 3.05) is 7.11 Å². The van der Waals surface area contributed by atoms with Crippen molar-refractivity contribution >= 4 is 22.6 Å². The fraction of sp³-hybridized carbons (Fsp3) is 0.182. The van der Waals surface area contributed by atoms with Crippen LogP contribution in [-0.4, -0.2) is 21.6 Å². The highest BCUT2D eigenvalue weighted by molar-refractivity contribution is 14.1. The molecule has 88 valence electrons. The molecule has 0 radical (unpaired) electrons. The smallest absolute Gasteiger partial charge is 0.267 e. The molecule has 5 nitrogen and oxygen atoms in total. The Bertz CT molecular complexity index is 583. The van der Waals surface area contributed by atoms with Gasteiger partial charge in [0.25, 0.3) is 5.56 Å². The summed E-state index contributed by atoms with van der Waals surface area (Å²) in [6.45, 7) is 0.402. The van der Waals surface area contributed by atoms with E-state index in [1.54, 1.807) is 19.5 Å². The molecular weight excluding hydrogens is 333 g/mol. The van der Waals surface area contributed by atoms with Crippen LogP contribution in [0.1, 0.15) is 5.56 Å². The van der Waals surface area contributed by atoms with Gasteiger partial charge in [0.05, 0.1) is 23.6 Å². The molecule has 0 aliphatic carbocycles. The number of nitrogens with zero attached hydrogens (tertiary/aromatic N) is 3. The molecule has 0 saturated carbocycles. The van der Waals surface area contributed by atoms with Crippen LogP contribution in [0.2, 0.25) is 0 Å². The lowest BCUT2D eigenvalue weighted by Gasteiger charge is -2.08. The van der Waals surface area contributed by atoms with E-state index in [1.165, 1.54) is 10.9 Å². The second kappa shape index (κ2) is 5.26. The Kier molecular flexibility index (Phi) is 3.72. The molecule has 6 heteroatoms. The van der Waals surface area contributed by atoms with Crippen molar-refractivity contribution in [3.63, 3.8) is 0 Å². The van der Waals surface area contributed by atoms with Gasteiger partial charge in [0.2, 0.25) is 5.88 Å². The van der Waals surface area contributed by atoms with Crippen LogP contribution < -0.4 is 10.3 Å². The second-order valence-corrected chi connectivity index (χ2v) is 4.51. The Hall–Kier alpha value is -1.44. The molecule has 0 aliphatic heterocycles. The summed E-state index contributed by atoms with van der Waals surface area (Å²) in [7, 11) is 1.56. The number of pyridine rings is 1. The molecule has 0 atom stereocenters. The summed E-state index contributed by atoms with van der Waals surface area (Å²) >= 11 is 1.97. The molecule has 2 rings (SSSR count). The lowest BCUT2D eigenvalue weighted by atomic mass is 10.2. The van der Waals surface area contributed by atoms with Crippen molar-refractivity contribution in [2.24, 2.45) is 0 Å². The van der Waals surface area contributed by atoms with Crippen LogP contribution in [0.4, 0.5) is 0 Å². The zero-order valence-corrected chi connectivity index (χ0v) is 11.3. The minimum atomic E-state index is -0.0634. The first-order chi connectivity index (χ1) is 8.22. The third kappa shape index (κ3) is 2.63. The molecule has 0 unspecified atom stereocenters. The van der Waals surface area contributed by atoms with E-state index >= 15 is 0 Å². The number of ether oxygens (including phenoxy) is 1. The molecule has 0 N–H and O–H groups in total. The molecule has 0 aromatic carbocycles. The predicted molar refractivity (Wildman–Crippen MR) is 71.1 cm³/mol. The van der Waals surface area contributed by atoms with Gasteiger partial charge in [-0.05, 0) is 28.7 Å². The highest BCUT2D eigenvalue weighted by atomic mass is 127. The fourth-order valence-electron chi connectivity index (χ4n) is 1.45. The van der Waals surface area contributed by atoms with E-state index in [4.69, 9.17) is 4.74 Å². The van der Waals surface area contributed by atoms with Gasteiger partial charge in [-0.15, -0.1) is 0 Å². The average molecular weight is 343 g/mol. The van der Waals surface area contributed by atoms with Gasteiger partial charge in [-0.25, -0.2) is 9.97 Å². The van der Waals surface area contributed by atoms with Gasteiger partial charge in [-0.2, -0.15) is 0 Å². The summed E-state index contributed by atoms with van der Waals surface area (Å²) in [5.74, 6) is 0.526. The van der Waals surface area contributed by atoms with Crippen LogP contribution in [0.5, 0.6) is 5.88 Å². The van der Waals surface area contributed by atoms with E-state index in [9.17, 15) is 4.79 Å². The third-order valence-corrected chi connectivity index (χ3v) is 2.98. The first-order valence-corrected chi connectivity index (χ1v) is 5.98. The Morgan fingerprint density at radius 3 is 3.12 bits per heavy atom. The van der Waals surface area contributed by atoms with Crippen molar-refractivity contribution < 1.29 is 4.74 Å². The van der Waals surface area contributed by atoms with Crippen LogP contribution in [0.25, 0.3) is 0 Å². The molecular formula is C11H10IN3O2. The molecule has 0 spiro atoms. The molecule has 0 aliphatic rings. The molecule has 0 amide bonds. The number of aromatic nitrogens is 3. The standard InChI is InChI=1S/C11H10IN3O2/c1-17-10-8(3-2-4-14-10)6-15-7-13-5-9(12)11(15)16/h2-5,7H,6H2,1H3. The molecule has 0 bridgehead atoms. The van der Waals surface area contributed by atoms with Gasteiger partial charge in [-0.3, -0.25) is 9.36 Å². The maximum Gasteiger partial charge on any atom is 0.267 e. The summed E-state index contributed by atoms with van der Waals surface area (Å²) in [4.78, 5) is 19.9. The van der Waals surface area contributed by atoms with E-state index in [1.807, 2.05) is 34.7 Å². The summed E-state index contributed by atoms with van der Waals surface area (Å²) in [6.07, 6.45) is 4.70. The minimum Gasteiger partial charge on any atom is -0.481 e.